The third-order valence-electron chi connectivity index (χ3n) is 5.49. The zero-order valence-corrected chi connectivity index (χ0v) is 17.9. The smallest absolute Gasteiger partial charge is 0.271 e. The van der Waals surface area contributed by atoms with Gasteiger partial charge in [-0.2, -0.15) is 5.10 Å². The number of piperidine rings is 1. The number of aromatic amines is 1. The lowest BCUT2D eigenvalue weighted by Gasteiger charge is -2.32. The first kappa shape index (κ1) is 21.1. The number of nitrogens with one attached hydrogen (secondary N) is 2. The number of H-pyrrole nitrogens is 1. The summed E-state index contributed by atoms with van der Waals surface area (Å²) in [5, 5.41) is 10.6. The van der Waals surface area contributed by atoms with Crippen molar-refractivity contribution < 1.29 is 9.59 Å². The molecule has 0 saturated carbocycles. The highest BCUT2D eigenvalue weighted by molar-refractivity contribution is 6.33. The number of hydrogen-bond acceptors (Lipinski definition) is 4. The van der Waals surface area contributed by atoms with Crippen LogP contribution in [0.1, 0.15) is 29.8 Å². The quantitative estimate of drug-likeness (QED) is 0.590. The van der Waals surface area contributed by atoms with Crippen LogP contribution in [0.25, 0.3) is 11.3 Å². The van der Waals surface area contributed by atoms with Crippen molar-refractivity contribution in [3.05, 3.63) is 59.8 Å². The van der Waals surface area contributed by atoms with Crippen LogP contribution in [-0.2, 0) is 11.3 Å². The predicted octanol–water partition coefficient (Wildman–Crippen LogP) is 2.99. The Balaban J connectivity index is 1.30. The second-order valence-corrected chi connectivity index (χ2v) is 8.17. The van der Waals surface area contributed by atoms with Crippen LogP contribution in [0, 0.1) is 5.92 Å². The molecule has 2 N–H and O–H groups in total. The highest BCUT2D eigenvalue weighted by atomic mass is 35.5. The number of likely N-dealkylation sites (tertiary alicyclic amines) is 1. The summed E-state index contributed by atoms with van der Waals surface area (Å²) in [4.78, 5) is 31.1. The van der Waals surface area contributed by atoms with E-state index in [1.54, 1.807) is 29.6 Å². The van der Waals surface area contributed by atoms with Crippen LogP contribution < -0.4 is 5.32 Å². The van der Waals surface area contributed by atoms with Gasteiger partial charge in [0.15, 0.2) is 0 Å². The number of carbonyl (C=O) groups is 2. The number of benzene rings is 1. The normalized spacial score (nSPS) is 16.3. The summed E-state index contributed by atoms with van der Waals surface area (Å²) in [6.07, 6.45) is 7.54. The summed E-state index contributed by atoms with van der Waals surface area (Å²) < 4.78 is 1.92. The van der Waals surface area contributed by atoms with E-state index < -0.39 is 0 Å². The Morgan fingerprint density at radius 2 is 2.16 bits per heavy atom. The molecule has 0 radical (unpaired) electrons. The number of nitrogens with zero attached hydrogens (tertiary/aromatic N) is 4. The third kappa shape index (κ3) is 5.32. The van der Waals surface area contributed by atoms with Gasteiger partial charge in [-0.15, -0.1) is 0 Å². The molecule has 1 fully saturated rings. The third-order valence-corrected chi connectivity index (χ3v) is 5.82. The maximum atomic E-state index is 13.0. The average Bonchev–Trinajstić information content (AvgIpc) is 3.46. The minimum atomic E-state index is -0.101. The van der Waals surface area contributed by atoms with E-state index >= 15 is 0 Å². The highest BCUT2D eigenvalue weighted by Gasteiger charge is 2.27. The number of halogens is 1. The molecule has 1 atom stereocenters. The van der Waals surface area contributed by atoms with E-state index in [1.165, 1.54) is 0 Å². The molecular formula is C22H25ClN6O2. The minimum Gasteiger partial charge on any atom is -0.354 e. The summed E-state index contributed by atoms with van der Waals surface area (Å²) in [6.45, 7) is 2.49. The molecule has 0 bridgehead atoms. The van der Waals surface area contributed by atoms with Crippen LogP contribution in [0.3, 0.4) is 0 Å². The predicted molar refractivity (Wildman–Crippen MR) is 118 cm³/mol. The highest BCUT2D eigenvalue weighted by Crippen LogP contribution is 2.27. The van der Waals surface area contributed by atoms with E-state index in [0.717, 1.165) is 18.4 Å². The fraction of sp³-hybridized carbons (Fsp3) is 0.364. The molecule has 162 valence electrons. The Kier molecular flexibility index (Phi) is 6.66. The summed E-state index contributed by atoms with van der Waals surface area (Å²) >= 11 is 6.24. The Bertz CT molecular complexity index is 1030. The molecular weight excluding hydrogens is 416 g/mol. The monoisotopic (exact) mass is 440 g/mol. The van der Waals surface area contributed by atoms with Gasteiger partial charge in [0.1, 0.15) is 5.69 Å². The second kappa shape index (κ2) is 9.78. The Labute approximate surface area is 185 Å². The zero-order valence-electron chi connectivity index (χ0n) is 17.1. The molecule has 2 aromatic heterocycles. The van der Waals surface area contributed by atoms with E-state index in [2.05, 4.69) is 20.5 Å². The molecule has 9 heteroatoms. The van der Waals surface area contributed by atoms with Crippen LogP contribution in [0.15, 0.2) is 49.1 Å². The van der Waals surface area contributed by atoms with Crippen LogP contribution in [0.2, 0.25) is 5.02 Å². The minimum absolute atomic E-state index is 0.0157. The molecule has 31 heavy (non-hydrogen) atoms. The summed E-state index contributed by atoms with van der Waals surface area (Å²) in [7, 11) is 0. The number of rotatable bonds is 7. The van der Waals surface area contributed by atoms with Crippen molar-refractivity contribution in [1.29, 1.82) is 0 Å². The molecule has 0 spiro atoms. The lowest BCUT2D eigenvalue weighted by Crippen LogP contribution is -2.41. The molecule has 1 unspecified atom stereocenters. The Hall–Kier alpha value is -3.13. The van der Waals surface area contributed by atoms with Crippen molar-refractivity contribution in [2.24, 2.45) is 5.92 Å². The van der Waals surface area contributed by atoms with Gasteiger partial charge in [0.25, 0.3) is 5.91 Å². The second-order valence-electron chi connectivity index (χ2n) is 7.76. The largest absolute Gasteiger partial charge is 0.354 e. The van der Waals surface area contributed by atoms with Crippen molar-refractivity contribution in [3.63, 3.8) is 0 Å². The van der Waals surface area contributed by atoms with Crippen LogP contribution in [0.5, 0.6) is 0 Å². The van der Waals surface area contributed by atoms with Crippen molar-refractivity contribution in [2.75, 3.05) is 19.6 Å². The molecule has 1 aromatic carbocycles. The number of imidazole rings is 1. The van der Waals surface area contributed by atoms with Gasteiger partial charge in [-0.3, -0.25) is 14.7 Å². The van der Waals surface area contributed by atoms with Gasteiger partial charge in [0, 0.05) is 50.6 Å². The van der Waals surface area contributed by atoms with Gasteiger partial charge < -0.3 is 14.8 Å². The molecule has 3 heterocycles. The van der Waals surface area contributed by atoms with Gasteiger partial charge in [0.2, 0.25) is 5.91 Å². The van der Waals surface area contributed by atoms with Gasteiger partial charge >= 0.3 is 0 Å². The lowest BCUT2D eigenvalue weighted by atomic mass is 9.94. The van der Waals surface area contributed by atoms with E-state index in [0.29, 0.717) is 49.0 Å². The van der Waals surface area contributed by atoms with Crippen molar-refractivity contribution in [3.8, 4) is 11.3 Å². The molecule has 3 aromatic rings. The Morgan fingerprint density at radius 3 is 2.97 bits per heavy atom. The number of aromatic nitrogens is 4. The maximum absolute atomic E-state index is 13.0. The molecule has 8 nitrogen and oxygen atoms in total. The van der Waals surface area contributed by atoms with Gasteiger partial charge in [0.05, 0.1) is 17.0 Å². The zero-order chi connectivity index (χ0) is 21.6. The topological polar surface area (TPSA) is 95.9 Å². The molecule has 1 aliphatic heterocycles. The number of amides is 2. The average molecular weight is 441 g/mol. The molecule has 1 saturated heterocycles. The lowest BCUT2D eigenvalue weighted by molar-refractivity contribution is -0.122. The first-order valence-electron chi connectivity index (χ1n) is 10.4. The molecule has 4 rings (SSSR count). The van der Waals surface area contributed by atoms with Crippen LogP contribution in [0.4, 0.5) is 0 Å². The SMILES string of the molecule is O=C(CC1CCCN(C(=O)c2cc(-c3ccccc3Cl)n[nH]2)C1)NCCn1ccnc1. The van der Waals surface area contributed by atoms with Gasteiger partial charge in [-0.1, -0.05) is 29.8 Å². The molecule has 1 aliphatic rings. The fourth-order valence-electron chi connectivity index (χ4n) is 3.90. The first-order chi connectivity index (χ1) is 15.1. The fourth-order valence-corrected chi connectivity index (χ4v) is 4.13. The number of carbonyl (C=O) groups excluding carboxylic acids is 2. The van der Waals surface area contributed by atoms with Crippen molar-refractivity contribution in [2.45, 2.75) is 25.8 Å². The molecule has 2 amide bonds. The van der Waals surface area contributed by atoms with E-state index in [4.69, 9.17) is 11.6 Å². The Morgan fingerprint density at radius 1 is 1.29 bits per heavy atom. The van der Waals surface area contributed by atoms with E-state index in [1.807, 2.05) is 29.0 Å². The molecule has 0 aliphatic carbocycles. The van der Waals surface area contributed by atoms with Crippen LogP contribution in [-0.4, -0.2) is 56.1 Å². The first-order valence-corrected chi connectivity index (χ1v) is 10.8. The standard InChI is InChI=1S/C22H25ClN6O2/c23-18-6-2-1-5-17(18)19-13-20(27-26-19)22(31)29-9-3-4-16(14-29)12-21(30)25-8-11-28-10-7-24-15-28/h1-2,5-7,10,13,15-16H,3-4,8-9,11-12,14H2,(H,25,30)(H,26,27). The summed E-state index contributed by atoms with van der Waals surface area (Å²) in [6, 6.07) is 9.13. The summed E-state index contributed by atoms with van der Waals surface area (Å²) in [5.74, 6) is 0.0647. The van der Waals surface area contributed by atoms with E-state index in [9.17, 15) is 9.59 Å². The summed E-state index contributed by atoms with van der Waals surface area (Å²) in [5.41, 5.74) is 1.85. The van der Waals surface area contributed by atoms with Gasteiger partial charge in [-0.25, -0.2) is 4.98 Å². The number of hydrogen-bond donors (Lipinski definition) is 2. The van der Waals surface area contributed by atoms with Crippen molar-refractivity contribution in [1.82, 2.24) is 30.0 Å². The van der Waals surface area contributed by atoms with Gasteiger partial charge in [-0.05, 0) is 30.9 Å². The van der Waals surface area contributed by atoms with E-state index in [-0.39, 0.29) is 17.7 Å². The van der Waals surface area contributed by atoms with Crippen molar-refractivity contribution >= 4 is 23.4 Å². The van der Waals surface area contributed by atoms with Crippen LogP contribution >= 0.6 is 11.6 Å². The maximum Gasteiger partial charge on any atom is 0.271 e.